The number of allylic oxidation sites excluding steroid dienone is 3. The van der Waals surface area contributed by atoms with Crippen LogP contribution in [0.1, 0.15) is 27.2 Å². The summed E-state index contributed by atoms with van der Waals surface area (Å²) in [6, 6.07) is 0. The van der Waals surface area contributed by atoms with E-state index in [0.717, 1.165) is 5.92 Å². The maximum atomic E-state index is 3.93. The summed E-state index contributed by atoms with van der Waals surface area (Å²) in [6.45, 7) is 10.5. The van der Waals surface area contributed by atoms with Gasteiger partial charge in [0.05, 0.1) is 0 Å². The number of rotatable bonds is 2. The van der Waals surface area contributed by atoms with Crippen LogP contribution in [0, 0.1) is 11.8 Å². The van der Waals surface area contributed by atoms with Gasteiger partial charge in [0.2, 0.25) is 0 Å². The summed E-state index contributed by atoms with van der Waals surface area (Å²) in [5.74, 6) is 1.44. The van der Waals surface area contributed by atoms with Gasteiger partial charge in [-0.05, 0) is 19.3 Å². The highest BCUT2D eigenvalue weighted by atomic mass is 14.3. The average Bonchev–Trinajstić information content (AvgIpc) is 1.56. The molecule has 56 valence electrons. The largest absolute Gasteiger partial charge is 0.0995 e. The van der Waals surface area contributed by atoms with Crippen LogP contribution in [0.5, 0.6) is 0 Å². The summed E-state index contributed by atoms with van der Waals surface area (Å²) in [7, 11) is 0. The number of hydrogen-bond donors (Lipinski definition) is 0. The maximum Gasteiger partial charge on any atom is 0.00113 e. The zero-order chi connectivity index (χ0) is 7.72. The van der Waals surface area contributed by atoms with E-state index in [2.05, 4.69) is 33.4 Å². The highest BCUT2D eigenvalue weighted by Gasteiger charge is 2.20. The van der Waals surface area contributed by atoms with Crippen molar-refractivity contribution in [3.8, 4) is 0 Å². The van der Waals surface area contributed by atoms with Gasteiger partial charge in [0, 0.05) is 5.92 Å². The van der Waals surface area contributed by atoms with Crippen molar-refractivity contribution in [3.63, 3.8) is 0 Å². The Morgan fingerprint density at radius 2 is 2.20 bits per heavy atom. The Morgan fingerprint density at radius 3 is 2.50 bits per heavy atom. The van der Waals surface area contributed by atoms with Gasteiger partial charge in [-0.1, -0.05) is 37.6 Å². The van der Waals surface area contributed by atoms with Gasteiger partial charge in [0.1, 0.15) is 0 Å². The van der Waals surface area contributed by atoms with Crippen molar-refractivity contribution in [2.45, 2.75) is 27.2 Å². The summed E-state index contributed by atoms with van der Waals surface area (Å²) in [5, 5.41) is 0. The predicted molar refractivity (Wildman–Crippen MR) is 45.8 cm³/mol. The van der Waals surface area contributed by atoms with Gasteiger partial charge >= 0.3 is 0 Å². The predicted octanol–water partition coefficient (Wildman–Crippen LogP) is 3.16. The summed E-state index contributed by atoms with van der Waals surface area (Å²) in [6.07, 6.45) is 3.61. The third kappa shape index (κ3) is 1.31. The zero-order valence-electron chi connectivity index (χ0n) is 7.15. The van der Waals surface area contributed by atoms with Crippen molar-refractivity contribution < 1.29 is 0 Å². The lowest BCUT2D eigenvalue weighted by atomic mass is 9.77. The lowest BCUT2D eigenvalue weighted by Crippen LogP contribution is -2.14. The highest BCUT2D eigenvalue weighted by Crippen LogP contribution is 2.34. The third-order valence-electron chi connectivity index (χ3n) is 2.25. The zero-order valence-corrected chi connectivity index (χ0v) is 7.15. The Balaban J connectivity index is 2.48. The first-order valence-corrected chi connectivity index (χ1v) is 3.97. The maximum absolute atomic E-state index is 3.93. The van der Waals surface area contributed by atoms with Crippen molar-refractivity contribution >= 4 is 0 Å². The SMILES string of the molecule is C=C(C)C1C=C(C(C)C)C1. The van der Waals surface area contributed by atoms with E-state index in [1.807, 2.05) is 0 Å². The van der Waals surface area contributed by atoms with Crippen molar-refractivity contribution in [3.05, 3.63) is 23.8 Å². The van der Waals surface area contributed by atoms with Crippen LogP contribution in [0.4, 0.5) is 0 Å². The second-order valence-corrected chi connectivity index (χ2v) is 3.55. The van der Waals surface area contributed by atoms with Gasteiger partial charge in [0.25, 0.3) is 0 Å². The molecule has 0 aromatic rings. The Hall–Kier alpha value is -0.520. The summed E-state index contributed by atoms with van der Waals surface area (Å²) in [5.41, 5.74) is 2.91. The first-order valence-electron chi connectivity index (χ1n) is 3.97. The van der Waals surface area contributed by atoms with Gasteiger partial charge in [-0.3, -0.25) is 0 Å². The van der Waals surface area contributed by atoms with E-state index in [-0.39, 0.29) is 0 Å². The molecule has 0 saturated heterocycles. The van der Waals surface area contributed by atoms with Crippen molar-refractivity contribution in [1.29, 1.82) is 0 Å². The summed E-state index contributed by atoms with van der Waals surface area (Å²) in [4.78, 5) is 0. The minimum atomic E-state index is 0.692. The Labute approximate surface area is 63.6 Å². The highest BCUT2D eigenvalue weighted by molar-refractivity contribution is 5.26. The van der Waals surface area contributed by atoms with E-state index in [4.69, 9.17) is 0 Å². The van der Waals surface area contributed by atoms with Crippen LogP contribution in [0.25, 0.3) is 0 Å². The first-order chi connectivity index (χ1) is 4.61. The minimum Gasteiger partial charge on any atom is -0.0995 e. The lowest BCUT2D eigenvalue weighted by Gasteiger charge is -2.28. The van der Waals surface area contributed by atoms with Crippen LogP contribution in [-0.2, 0) is 0 Å². The molecule has 0 aliphatic heterocycles. The molecule has 1 rings (SSSR count). The van der Waals surface area contributed by atoms with Crippen LogP contribution in [0.2, 0.25) is 0 Å². The molecule has 0 heteroatoms. The van der Waals surface area contributed by atoms with Gasteiger partial charge in [-0.25, -0.2) is 0 Å². The molecule has 1 unspecified atom stereocenters. The second-order valence-electron chi connectivity index (χ2n) is 3.55. The summed E-state index contributed by atoms with van der Waals surface area (Å²) < 4.78 is 0. The molecular formula is C10H16. The molecule has 0 heterocycles. The Bertz CT molecular complexity index is 172. The topological polar surface area (TPSA) is 0 Å². The average molecular weight is 136 g/mol. The molecule has 0 bridgehead atoms. The fraction of sp³-hybridized carbons (Fsp3) is 0.600. The van der Waals surface area contributed by atoms with E-state index in [9.17, 15) is 0 Å². The Kier molecular flexibility index (Phi) is 1.98. The molecule has 0 spiro atoms. The van der Waals surface area contributed by atoms with Gasteiger partial charge in [-0.2, -0.15) is 0 Å². The van der Waals surface area contributed by atoms with Crippen LogP contribution in [-0.4, -0.2) is 0 Å². The monoisotopic (exact) mass is 136 g/mol. The number of hydrogen-bond acceptors (Lipinski definition) is 0. The van der Waals surface area contributed by atoms with Crippen LogP contribution in [0.3, 0.4) is 0 Å². The molecule has 0 saturated carbocycles. The lowest BCUT2D eigenvalue weighted by molar-refractivity contribution is 0.575. The molecule has 0 N–H and O–H groups in total. The van der Waals surface area contributed by atoms with Crippen molar-refractivity contribution in [2.24, 2.45) is 11.8 Å². The van der Waals surface area contributed by atoms with E-state index >= 15 is 0 Å². The van der Waals surface area contributed by atoms with Crippen molar-refractivity contribution in [1.82, 2.24) is 0 Å². The molecule has 0 aromatic heterocycles. The smallest absolute Gasteiger partial charge is 0.00113 e. The van der Waals surface area contributed by atoms with Gasteiger partial charge in [-0.15, -0.1) is 0 Å². The molecular weight excluding hydrogens is 120 g/mol. The third-order valence-corrected chi connectivity index (χ3v) is 2.25. The van der Waals surface area contributed by atoms with E-state index in [0.29, 0.717) is 5.92 Å². The van der Waals surface area contributed by atoms with Gasteiger partial charge in [0.15, 0.2) is 0 Å². The first kappa shape index (κ1) is 7.59. The van der Waals surface area contributed by atoms with Crippen LogP contribution < -0.4 is 0 Å². The molecule has 0 aromatic carbocycles. The molecule has 0 fully saturated rings. The van der Waals surface area contributed by atoms with E-state index < -0.39 is 0 Å². The molecule has 10 heavy (non-hydrogen) atoms. The molecule has 0 radical (unpaired) electrons. The normalized spacial score (nSPS) is 24.0. The fourth-order valence-corrected chi connectivity index (χ4v) is 1.22. The molecule has 1 aliphatic carbocycles. The molecule has 1 atom stereocenters. The van der Waals surface area contributed by atoms with Crippen LogP contribution >= 0.6 is 0 Å². The minimum absolute atomic E-state index is 0.692. The van der Waals surface area contributed by atoms with Gasteiger partial charge < -0.3 is 0 Å². The summed E-state index contributed by atoms with van der Waals surface area (Å²) >= 11 is 0. The molecule has 0 amide bonds. The standard InChI is InChI=1S/C10H16/c1-7(2)9-5-10(6-9)8(3)4/h5,8-9H,1,6H2,2-4H3. The van der Waals surface area contributed by atoms with Crippen molar-refractivity contribution in [2.75, 3.05) is 0 Å². The Morgan fingerprint density at radius 1 is 1.70 bits per heavy atom. The molecule has 1 aliphatic rings. The fourth-order valence-electron chi connectivity index (χ4n) is 1.22. The van der Waals surface area contributed by atoms with E-state index in [1.165, 1.54) is 12.0 Å². The van der Waals surface area contributed by atoms with Crippen LogP contribution in [0.15, 0.2) is 23.8 Å². The molecule has 0 nitrogen and oxygen atoms in total. The second kappa shape index (κ2) is 2.61. The quantitative estimate of drug-likeness (QED) is 0.511. The van der Waals surface area contributed by atoms with E-state index in [1.54, 1.807) is 5.57 Å².